The maximum Gasteiger partial charge on any atom is 0.198 e. The monoisotopic (exact) mass is 423 g/mol. The number of ether oxygens (including phenoxy) is 1. The van der Waals surface area contributed by atoms with Crippen molar-refractivity contribution in [3.63, 3.8) is 0 Å². The zero-order valence-corrected chi connectivity index (χ0v) is 13.6. The van der Waals surface area contributed by atoms with Crippen LogP contribution in [0.2, 0.25) is 0 Å². The Labute approximate surface area is 127 Å². The molecular weight excluding hydrogens is 413 g/mol. The SMILES string of the molecule is CNc1nc(-c2ccc(Br)o2)nc(COC)c1I. The minimum Gasteiger partial charge on any atom is -0.446 e. The second-order valence-corrected chi connectivity index (χ2v) is 5.30. The lowest BCUT2D eigenvalue weighted by Crippen LogP contribution is -2.06. The van der Waals surface area contributed by atoms with E-state index in [0.29, 0.717) is 22.9 Å². The predicted molar refractivity (Wildman–Crippen MR) is 80.4 cm³/mol. The number of aromatic nitrogens is 2. The second-order valence-electron chi connectivity index (χ2n) is 3.44. The van der Waals surface area contributed by atoms with Crippen LogP contribution in [0.4, 0.5) is 5.82 Å². The van der Waals surface area contributed by atoms with Crippen LogP contribution < -0.4 is 5.32 Å². The second kappa shape index (κ2) is 5.98. The highest BCUT2D eigenvalue weighted by Crippen LogP contribution is 2.26. The number of nitrogens with one attached hydrogen (secondary N) is 1. The lowest BCUT2D eigenvalue weighted by Gasteiger charge is -2.09. The van der Waals surface area contributed by atoms with Gasteiger partial charge in [0.15, 0.2) is 16.3 Å². The first-order chi connectivity index (χ1) is 8.65. The Kier molecular flexibility index (Phi) is 4.57. The molecule has 0 aliphatic carbocycles. The molecule has 0 aliphatic rings. The van der Waals surface area contributed by atoms with Gasteiger partial charge in [-0.2, -0.15) is 0 Å². The van der Waals surface area contributed by atoms with Crippen LogP contribution >= 0.6 is 38.5 Å². The van der Waals surface area contributed by atoms with Crippen molar-refractivity contribution in [2.75, 3.05) is 19.5 Å². The summed E-state index contributed by atoms with van der Waals surface area (Å²) in [6.45, 7) is 0.435. The van der Waals surface area contributed by atoms with Crippen LogP contribution in [0, 0.1) is 3.57 Å². The van der Waals surface area contributed by atoms with E-state index in [9.17, 15) is 0 Å². The smallest absolute Gasteiger partial charge is 0.198 e. The predicted octanol–water partition coefficient (Wildman–Crippen LogP) is 3.29. The van der Waals surface area contributed by atoms with E-state index in [4.69, 9.17) is 9.15 Å². The lowest BCUT2D eigenvalue weighted by atomic mass is 10.3. The molecule has 0 unspecified atom stereocenters. The summed E-state index contributed by atoms with van der Waals surface area (Å²) in [4.78, 5) is 8.87. The molecule has 0 saturated carbocycles. The molecule has 2 aromatic rings. The van der Waals surface area contributed by atoms with Crippen LogP contribution in [-0.2, 0) is 11.3 Å². The zero-order valence-electron chi connectivity index (χ0n) is 9.83. The van der Waals surface area contributed by atoms with Gasteiger partial charge < -0.3 is 14.5 Å². The molecule has 0 aromatic carbocycles. The number of rotatable bonds is 4. The lowest BCUT2D eigenvalue weighted by molar-refractivity contribution is 0.181. The van der Waals surface area contributed by atoms with Gasteiger partial charge in [0.2, 0.25) is 0 Å². The van der Waals surface area contributed by atoms with Gasteiger partial charge in [-0.1, -0.05) is 0 Å². The Hall–Kier alpha value is -0.670. The summed E-state index contributed by atoms with van der Waals surface area (Å²) in [5.41, 5.74) is 0.833. The quantitative estimate of drug-likeness (QED) is 0.764. The number of anilines is 1. The molecule has 5 nitrogen and oxygen atoms in total. The van der Waals surface area contributed by atoms with E-state index in [-0.39, 0.29) is 0 Å². The molecule has 0 radical (unpaired) electrons. The van der Waals surface area contributed by atoms with Gasteiger partial charge in [-0.3, -0.25) is 0 Å². The fraction of sp³-hybridized carbons (Fsp3) is 0.273. The van der Waals surface area contributed by atoms with Crippen LogP contribution in [0.3, 0.4) is 0 Å². The van der Waals surface area contributed by atoms with E-state index in [1.807, 2.05) is 19.2 Å². The molecule has 18 heavy (non-hydrogen) atoms. The fourth-order valence-electron chi connectivity index (χ4n) is 1.44. The summed E-state index contributed by atoms with van der Waals surface area (Å²) in [6, 6.07) is 3.63. The summed E-state index contributed by atoms with van der Waals surface area (Å²) < 4.78 is 12.2. The van der Waals surface area contributed by atoms with Gasteiger partial charge in [-0.15, -0.1) is 0 Å². The highest BCUT2D eigenvalue weighted by molar-refractivity contribution is 14.1. The van der Waals surface area contributed by atoms with Gasteiger partial charge in [0.05, 0.1) is 15.9 Å². The number of hydrogen-bond donors (Lipinski definition) is 1. The maximum absolute atomic E-state index is 5.46. The molecule has 0 fully saturated rings. The van der Waals surface area contributed by atoms with Crippen LogP contribution in [0.25, 0.3) is 11.6 Å². The Balaban J connectivity index is 2.51. The van der Waals surface area contributed by atoms with Crippen LogP contribution in [0.15, 0.2) is 21.2 Å². The summed E-state index contributed by atoms with van der Waals surface area (Å²) in [5.74, 6) is 1.92. The summed E-state index contributed by atoms with van der Waals surface area (Å²) >= 11 is 5.46. The van der Waals surface area contributed by atoms with Crippen molar-refractivity contribution in [3.8, 4) is 11.6 Å². The molecule has 96 valence electrons. The molecule has 0 spiro atoms. The average molecular weight is 424 g/mol. The third kappa shape index (κ3) is 2.83. The Bertz CT molecular complexity index is 559. The molecular formula is C11H11BrIN3O2. The van der Waals surface area contributed by atoms with Gasteiger partial charge in [0.1, 0.15) is 5.82 Å². The van der Waals surface area contributed by atoms with Crippen molar-refractivity contribution in [2.45, 2.75) is 6.61 Å². The zero-order chi connectivity index (χ0) is 13.1. The normalized spacial score (nSPS) is 10.7. The molecule has 1 N–H and O–H groups in total. The molecule has 2 aromatic heterocycles. The first-order valence-corrected chi connectivity index (χ1v) is 7.01. The molecule has 7 heteroatoms. The van der Waals surface area contributed by atoms with E-state index < -0.39 is 0 Å². The third-order valence-electron chi connectivity index (χ3n) is 2.23. The first-order valence-electron chi connectivity index (χ1n) is 5.14. The average Bonchev–Trinajstić information content (AvgIpc) is 2.79. The van der Waals surface area contributed by atoms with Crippen molar-refractivity contribution in [1.29, 1.82) is 0 Å². The number of furan rings is 1. The molecule has 2 heterocycles. The number of hydrogen-bond acceptors (Lipinski definition) is 5. The summed E-state index contributed by atoms with van der Waals surface area (Å²) in [6.07, 6.45) is 0. The highest BCUT2D eigenvalue weighted by Gasteiger charge is 2.14. The van der Waals surface area contributed by atoms with Crippen molar-refractivity contribution in [2.24, 2.45) is 0 Å². The molecule has 0 bridgehead atoms. The van der Waals surface area contributed by atoms with E-state index in [0.717, 1.165) is 15.1 Å². The topological polar surface area (TPSA) is 60.2 Å². The Morgan fingerprint density at radius 3 is 2.78 bits per heavy atom. The fourth-order valence-corrected chi connectivity index (χ4v) is 2.41. The van der Waals surface area contributed by atoms with Crippen molar-refractivity contribution >= 4 is 44.3 Å². The van der Waals surface area contributed by atoms with Gasteiger partial charge in [0, 0.05) is 14.2 Å². The Morgan fingerprint density at radius 1 is 1.44 bits per heavy atom. The molecule has 0 amide bonds. The van der Waals surface area contributed by atoms with Crippen molar-refractivity contribution in [3.05, 3.63) is 26.1 Å². The highest BCUT2D eigenvalue weighted by atomic mass is 127. The van der Waals surface area contributed by atoms with Crippen molar-refractivity contribution < 1.29 is 9.15 Å². The minimum absolute atomic E-state index is 0.435. The van der Waals surface area contributed by atoms with Gasteiger partial charge >= 0.3 is 0 Å². The standard InChI is InChI=1S/C11H11BrIN3O2/c1-14-11-9(13)6(5-17-2)15-10(16-11)7-3-4-8(12)18-7/h3-4H,5H2,1-2H3,(H,14,15,16). The third-order valence-corrected chi connectivity index (χ3v) is 3.79. The van der Waals surface area contributed by atoms with Gasteiger partial charge in [-0.05, 0) is 50.7 Å². The summed E-state index contributed by atoms with van der Waals surface area (Å²) in [5, 5.41) is 3.04. The molecule has 0 saturated heterocycles. The number of halogens is 2. The summed E-state index contributed by atoms with van der Waals surface area (Å²) in [7, 11) is 3.46. The first kappa shape index (κ1) is 13.8. The maximum atomic E-state index is 5.46. The van der Waals surface area contributed by atoms with E-state index >= 15 is 0 Å². The Morgan fingerprint density at radius 2 is 2.22 bits per heavy atom. The number of nitrogens with zero attached hydrogens (tertiary/aromatic N) is 2. The molecule has 2 rings (SSSR count). The van der Waals surface area contributed by atoms with Crippen LogP contribution in [-0.4, -0.2) is 24.1 Å². The number of methoxy groups -OCH3 is 1. The molecule has 0 atom stereocenters. The van der Waals surface area contributed by atoms with Crippen molar-refractivity contribution in [1.82, 2.24) is 9.97 Å². The molecule has 0 aliphatic heterocycles. The van der Waals surface area contributed by atoms with Crippen LogP contribution in [0.1, 0.15) is 5.69 Å². The largest absolute Gasteiger partial charge is 0.446 e. The van der Waals surface area contributed by atoms with E-state index in [2.05, 4.69) is 53.8 Å². The van der Waals surface area contributed by atoms with Gasteiger partial charge in [0.25, 0.3) is 0 Å². The van der Waals surface area contributed by atoms with E-state index in [1.165, 1.54) is 0 Å². The van der Waals surface area contributed by atoms with Gasteiger partial charge in [-0.25, -0.2) is 9.97 Å². The van der Waals surface area contributed by atoms with Crippen LogP contribution in [0.5, 0.6) is 0 Å². The minimum atomic E-state index is 0.435. The van der Waals surface area contributed by atoms with E-state index in [1.54, 1.807) is 7.11 Å².